The molecule has 0 fully saturated rings. The number of aryl methyl sites for hydroxylation is 2. The van der Waals surface area contributed by atoms with Crippen molar-refractivity contribution in [2.45, 2.75) is 32.1 Å². The number of allylic oxidation sites excluding steroid dienone is 2. The molecule has 2 aliphatic rings. The summed E-state index contributed by atoms with van der Waals surface area (Å²) >= 11 is 0. The molecule has 0 saturated heterocycles. The molecule has 0 saturated carbocycles. The average molecular weight is 335 g/mol. The zero-order chi connectivity index (χ0) is 17.9. The van der Waals surface area contributed by atoms with E-state index in [0.29, 0.717) is 0 Å². The summed E-state index contributed by atoms with van der Waals surface area (Å²) in [6.07, 6.45) is 7.52. The fourth-order valence-electron chi connectivity index (χ4n) is 4.75. The molecular weight excluding hydrogens is 314 g/mol. The maximum Gasteiger partial charge on any atom is 0.176 e. The molecule has 4 rings (SSSR count). The van der Waals surface area contributed by atoms with Gasteiger partial charge in [-0.05, 0) is 18.8 Å². The molecule has 3 atom stereocenters. The summed E-state index contributed by atoms with van der Waals surface area (Å²) in [6, 6.07) is 2.09. The Morgan fingerprint density at radius 3 is 2.80 bits per heavy atom. The Labute approximate surface area is 146 Å². The molecule has 6 heteroatoms. The quantitative estimate of drug-likeness (QED) is 0.801. The van der Waals surface area contributed by atoms with Gasteiger partial charge in [-0.2, -0.15) is 15.5 Å². The SMILES string of the molecule is C[C@@H]1C(=O)C(C#N)=C[C@]2(C)c3nn(C)c(-c4cnn(C)c4)c3CCC12. The Kier molecular flexibility index (Phi) is 3.26. The highest BCUT2D eigenvalue weighted by molar-refractivity contribution is 6.02. The Morgan fingerprint density at radius 1 is 1.40 bits per heavy atom. The van der Waals surface area contributed by atoms with E-state index in [4.69, 9.17) is 5.10 Å². The molecule has 2 aromatic heterocycles. The minimum atomic E-state index is -0.385. The van der Waals surface area contributed by atoms with Crippen LogP contribution in [0.4, 0.5) is 0 Å². The van der Waals surface area contributed by atoms with Gasteiger partial charge in [-0.1, -0.05) is 19.9 Å². The number of carbonyl (C=O) groups excluding carboxylic acids is 1. The van der Waals surface area contributed by atoms with Gasteiger partial charge in [-0.15, -0.1) is 0 Å². The molecule has 25 heavy (non-hydrogen) atoms. The zero-order valence-electron chi connectivity index (χ0n) is 14.9. The van der Waals surface area contributed by atoms with Crippen LogP contribution in [-0.4, -0.2) is 25.3 Å². The third-order valence-electron chi connectivity index (χ3n) is 5.96. The number of rotatable bonds is 1. The summed E-state index contributed by atoms with van der Waals surface area (Å²) in [6.45, 7) is 4.07. The first-order valence-corrected chi connectivity index (χ1v) is 8.59. The standard InChI is InChI=1S/C19H21N5O/c1-11-15-6-5-14-16(13-9-21-23(3)10-13)24(4)22-18(14)19(15,2)7-12(8-20)17(11)25/h7,9-11,15H,5-6H2,1-4H3/t11-,15?,19-/m0/s1. The molecule has 0 spiro atoms. The van der Waals surface area contributed by atoms with Gasteiger partial charge in [0.1, 0.15) is 6.07 Å². The second-order valence-corrected chi connectivity index (χ2v) is 7.45. The van der Waals surface area contributed by atoms with E-state index < -0.39 is 0 Å². The number of nitriles is 1. The lowest BCUT2D eigenvalue weighted by Crippen LogP contribution is -2.45. The molecule has 0 bridgehead atoms. The Bertz CT molecular complexity index is 957. The number of fused-ring (bicyclic) bond motifs is 3. The summed E-state index contributed by atoms with van der Waals surface area (Å²) in [7, 11) is 3.85. The molecule has 2 heterocycles. The van der Waals surface area contributed by atoms with Crippen molar-refractivity contribution in [3.05, 3.63) is 35.3 Å². The van der Waals surface area contributed by atoms with Gasteiger partial charge in [-0.25, -0.2) is 0 Å². The predicted octanol–water partition coefficient (Wildman–Crippen LogP) is 2.31. The summed E-state index contributed by atoms with van der Waals surface area (Å²) < 4.78 is 3.70. The van der Waals surface area contributed by atoms with Crippen LogP contribution in [0.15, 0.2) is 24.0 Å². The highest BCUT2D eigenvalue weighted by Gasteiger charge is 2.50. The fourth-order valence-corrected chi connectivity index (χ4v) is 4.75. The maximum absolute atomic E-state index is 12.4. The molecule has 1 unspecified atom stereocenters. The summed E-state index contributed by atoms with van der Waals surface area (Å²) in [5, 5.41) is 18.5. The van der Waals surface area contributed by atoms with Gasteiger partial charge in [0, 0.05) is 42.8 Å². The molecular formula is C19H21N5O. The van der Waals surface area contributed by atoms with Crippen molar-refractivity contribution in [1.82, 2.24) is 19.6 Å². The smallest absolute Gasteiger partial charge is 0.176 e. The van der Waals surface area contributed by atoms with Crippen LogP contribution in [0.2, 0.25) is 0 Å². The van der Waals surface area contributed by atoms with Gasteiger partial charge >= 0.3 is 0 Å². The van der Waals surface area contributed by atoms with Crippen LogP contribution in [0.5, 0.6) is 0 Å². The number of Topliss-reactive ketones (excluding diaryl/α,β-unsaturated/α-hetero) is 1. The second-order valence-electron chi connectivity index (χ2n) is 7.45. The predicted molar refractivity (Wildman–Crippen MR) is 92.4 cm³/mol. The Morgan fingerprint density at radius 2 is 2.16 bits per heavy atom. The molecule has 0 N–H and O–H groups in total. The van der Waals surface area contributed by atoms with Crippen LogP contribution in [0.1, 0.15) is 31.5 Å². The summed E-state index contributed by atoms with van der Waals surface area (Å²) in [4.78, 5) is 12.4. The molecule has 0 aromatic carbocycles. The first-order chi connectivity index (χ1) is 11.9. The molecule has 0 radical (unpaired) electrons. The van der Waals surface area contributed by atoms with Crippen molar-refractivity contribution in [3.63, 3.8) is 0 Å². The van der Waals surface area contributed by atoms with Crippen molar-refractivity contribution in [3.8, 4) is 17.3 Å². The molecule has 6 nitrogen and oxygen atoms in total. The Hall–Kier alpha value is -2.68. The van der Waals surface area contributed by atoms with E-state index in [0.717, 1.165) is 29.8 Å². The zero-order valence-corrected chi connectivity index (χ0v) is 14.9. The minimum Gasteiger partial charge on any atom is -0.293 e. The monoisotopic (exact) mass is 335 g/mol. The lowest BCUT2D eigenvalue weighted by Gasteiger charge is -2.44. The van der Waals surface area contributed by atoms with Gasteiger partial charge in [0.2, 0.25) is 0 Å². The number of hydrogen-bond donors (Lipinski definition) is 0. The van der Waals surface area contributed by atoms with E-state index in [2.05, 4.69) is 18.1 Å². The Balaban J connectivity index is 1.94. The molecule has 2 aromatic rings. The van der Waals surface area contributed by atoms with E-state index in [9.17, 15) is 10.1 Å². The number of carbonyl (C=O) groups is 1. The van der Waals surface area contributed by atoms with Crippen LogP contribution in [-0.2, 0) is 30.7 Å². The van der Waals surface area contributed by atoms with E-state index in [1.54, 1.807) is 4.68 Å². The highest BCUT2D eigenvalue weighted by atomic mass is 16.1. The van der Waals surface area contributed by atoms with Gasteiger partial charge < -0.3 is 0 Å². The van der Waals surface area contributed by atoms with E-state index in [1.165, 1.54) is 5.56 Å². The van der Waals surface area contributed by atoms with Gasteiger partial charge in [0.15, 0.2) is 5.78 Å². The minimum absolute atomic E-state index is 0.0307. The summed E-state index contributed by atoms with van der Waals surface area (Å²) in [5.41, 5.74) is 4.23. The lowest BCUT2D eigenvalue weighted by molar-refractivity contribution is -0.121. The first-order valence-electron chi connectivity index (χ1n) is 8.59. The average Bonchev–Trinajstić information content (AvgIpc) is 3.14. The maximum atomic E-state index is 12.4. The van der Waals surface area contributed by atoms with Crippen LogP contribution >= 0.6 is 0 Å². The number of ketones is 1. The third kappa shape index (κ3) is 2.05. The molecule has 128 valence electrons. The van der Waals surface area contributed by atoms with Crippen molar-refractivity contribution in [2.24, 2.45) is 25.9 Å². The lowest BCUT2D eigenvalue weighted by atomic mass is 9.58. The topological polar surface area (TPSA) is 76.5 Å². The molecule has 0 amide bonds. The van der Waals surface area contributed by atoms with Gasteiger partial charge in [0.05, 0.1) is 23.2 Å². The molecule has 0 aliphatic heterocycles. The van der Waals surface area contributed by atoms with E-state index >= 15 is 0 Å². The summed E-state index contributed by atoms with van der Waals surface area (Å²) in [5.74, 6) is -0.000245. The first kappa shape index (κ1) is 15.8. The van der Waals surface area contributed by atoms with Crippen molar-refractivity contribution in [1.29, 1.82) is 5.26 Å². The van der Waals surface area contributed by atoms with Crippen molar-refractivity contribution >= 4 is 5.78 Å². The second kappa shape index (κ2) is 5.16. The van der Waals surface area contributed by atoms with Crippen LogP contribution < -0.4 is 0 Å². The van der Waals surface area contributed by atoms with Gasteiger partial charge in [0.25, 0.3) is 0 Å². The van der Waals surface area contributed by atoms with Gasteiger partial charge in [-0.3, -0.25) is 14.2 Å². The van der Waals surface area contributed by atoms with E-state index in [-0.39, 0.29) is 28.6 Å². The van der Waals surface area contributed by atoms with E-state index in [1.807, 2.05) is 44.2 Å². The van der Waals surface area contributed by atoms with Crippen LogP contribution in [0.3, 0.4) is 0 Å². The van der Waals surface area contributed by atoms with Crippen molar-refractivity contribution in [2.75, 3.05) is 0 Å². The number of aromatic nitrogens is 4. The van der Waals surface area contributed by atoms with Crippen LogP contribution in [0.25, 0.3) is 11.3 Å². The third-order valence-corrected chi connectivity index (χ3v) is 5.96. The number of hydrogen-bond acceptors (Lipinski definition) is 4. The van der Waals surface area contributed by atoms with Crippen LogP contribution in [0, 0.1) is 23.2 Å². The number of nitrogens with zero attached hydrogens (tertiary/aromatic N) is 5. The normalized spacial score (nSPS) is 28.1. The largest absolute Gasteiger partial charge is 0.293 e. The highest BCUT2D eigenvalue weighted by Crippen LogP contribution is 2.50. The fraction of sp³-hybridized carbons (Fsp3) is 0.474. The van der Waals surface area contributed by atoms with Crippen molar-refractivity contribution < 1.29 is 4.79 Å². The molecule has 2 aliphatic carbocycles.